The van der Waals surface area contributed by atoms with Crippen molar-refractivity contribution in [2.45, 2.75) is 49.9 Å². The fourth-order valence-corrected chi connectivity index (χ4v) is 3.74. The summed E-state index contributed by atoms with van der Waals surface area (Å²) in [5.41, 5.74) is 1.25. The molecule has 3 rings (SSSR count). The number of carbonyl (C=O) groups is 2. The van der Waals surface area contributed by atoms with E-state index in [4.69, 9.17) is 4.74 Å². The first kappa shape index (κ1) is 14.1. The number of ether oxygens (including phenoxy) is 1. The van der Waals surface area contributed by atoms with Crippen molar-refractivity contribution >= 4 is 11.9 Å². The van der Waals surface area contributed by atoms with Crippen LogP contribution in [0.5, 0.6) is 0 Å². The van der Waals surface area contributed by atoms with Crippen LogP contribution in [-0.4, -0.2) is 24.2 Å². The van der Waals surface area contributed by atoms with Crippen molar-refractivity contribution in [3.05, 3.63) is 34.9 Å². The summed E-state index contributed by atoms with van der Waals surface area (Å²) in [5.74, 6) is -1.28. The molecule has 1 atom stereocenters. The van der Waals surface area contributed by atoms with E-state index in [0.717, 1.165) is 18.4 Å². The van der Waals surface area contributed by atoms with Gasteiger partial charge in [-0.1, -0.05) is 37.5 Å². The Bertz CT molecular complexity index is 586. The smallest absolute Gasteiger partial charge is 0.328 e. The van der Waals surface area contributed by atoms with Crippen molar-refractivity contribution in [3.63, 3.8) is 0 Å². The van der Waals surface area contributed by atoms with Gasteiger partial charge in [0.05, 0.1) is 7.11 Å². The summed E-state index contributed by atoms with van der Waals surface area (Å²) in [5, 5.41) is 9.53. The molecule has 0 heterocycles. The molecule has 4 nitrogen and oxygen atoms in total. The van der Waals surface area contributed by atoms with E-state index in [-0.39, 0.29) is 6.42 Å². The van der Waals surface area contributed by atoms with Gasteiger partial charge < -0.3 is 9.84 Å². The maximum Gasteiger partial charge on any atom is 0.328 e. The molecule has 0 bridgehead atoms. The first-order chi connectivity index (χ1) is 10.1. The van der Waals surface area contributed by atoms with Crippen molar-refractivity contribution in [2.75, 3.05) is 7.11 Å². The molecule has 0 spiro atoms. The lowest BCUT2D eigenvalue weighted by molar-refractivity contribution is -0.161. The van der Waals surface area contributed by atoms with Crippen LogP contribution in [0, 0.1) is 0 Å². The fourth-order valence-electron chi connectivity index (χ4n) is 3.74. The normalized spacial score (nSPS) is 24.8. The zero-order chi connectivity index (χ0) is 15.0. The molecule has 2 aliphatic rings. The molecule has 0 amide bonds. The van der Waals surface area contributed by atoms with Gasteiger partial charge in [0.1, 0.15) is 0 Å². The molecule has 1 N–H and O–H groups in total. The Balaban J connectivity index is 1.98. The van der Waals surface area contributed by atoms with Gasteiger partial charge in [0.2, 0.25) is 0 Å². The third-order valence-electron chi connectivity index (χ3n) is 5.02. The van der Waals surface area contributed by atoms with Crippen molar-refractivity contribution in [2.24, 2.45) is 0 Å². The van der Waals surface area contributed by atoms with Crippen LogP contribution in [0.1, 0.15) is 54.7 Å². The second kappa shape index (κ2) is 5.17. The topological polar surface area (TPSA) is 63.6 Å². The summed E-state index contributed by atoms with van der Waals surface area (Å²) < 4.78 is 4.74. The summed E-state index contributed by atoms with van der Waals surface area (Å²) in [6, 6.07) is 6.00. The molecule has 1 unspecified atom stereocenters. The first-order valence-electron chi connectivity index (χ1n) is 7.54. The summed E-state index contributed by atoms with van der Waals surface area (Å²) in [6.45, 7) is 0. The highest BCUT2D eigenvalue weighted by Gasteiger charge is 2.57. The first-order valence-corrected chi connectivity index (χ1v) is 7.54. The Hall–Kier alpha value is -1.84. The third kappa shape index (κ3) is 2.04. The van der Waals surface area contributed by atoms with Crippen LogP contribution in [0.3, 0.4) is 0 Å². The van der Waals surface area contributed by atoms with Crippen molar-refractivity contribution in [3.8, 4) is 0 Å². The highest BCUT2D eigenvalue weighted by atomic mass is 16.5. The van der Waals surface area contributed by atoms with Crippen LogP contribution >= 0.6 is 0 Å². The minimum Gasteiger partial charge on any atom is -0.480 e. The third-order valence-corrected chi connectivity index (χ3v) is 5.02. The molecule has 2 aliphatic carbocycles. The molecule has 1 aromatic carbocycles. The summed E-state index contributed by atoms with van der Waals surface area (Å²) >= 11 is 0. The number of carboxylic acid groups (broad SMARTS) is 1. The van der Waals surface area contributed by atoms with Crippen molar-refractivity contribution in [1.82, 2.24) is 0 Å². The van der Waals surface area contributed by atoms with E-state index < -0.39 is 17.4 Å². The van der Waals surface area contributed by atoms with Gasteiger partial charge in [-0.15, -0.1) is 0 Å². The number of carboxylic acids is 1. The van der Waals surface area contributed by atoms with Crippen LogP contribution < -0.4 is 0 Å². The average molecular weight is 288 g/mol. The highest BCUT2D eigenvalue weighted by molar-refractivity contribution is 6.08. The lowest BCUT2D eigenvalue weighted by Crippen LogP contribution is -2.53. The molecular weight excluding hydrogens is 268 g/mol. The Morgan fingerprint density at radius 3 is 2.57 bits per heavy atom. The van der Waals surface area contributed by atoms with E-state index in [9.17, 15) is 14.7 Å². The number of carbonyl (C=O) groups excluding carboxylic acids is 1. The molecule has 1 fully saturated rings. The summed E-state index contributed by atoms with van der Waals surface area (Å²) in [7, 11) is 1.25. The second-order valence-electron chi connectivity index (χ2n) is 6.13. The molecule has 1 aromatic rings. The van der Waals surface area contributed by atoms with Gasteiger partial charge in [-0.3, -0.25) is 9.59 Å². The lowest BCUT2D eigenvalue weighted by atomic mass is 9.63. The molecule has 112 valence electrons. The molecular formula is C17H20O4. The number of aliphatic carboxylic acids is 1. The average Bonchev–Trinajstić information content (AvgIpc) is 2.49. The largest absolute Gasteiger partial charge is 0.480 e. The molecule has 0 aromatic heterocycles. The Morgan fingerprint density at radius 1 is 1.24 bits per heavy atom. The van der Waals surface area contributed by atoms with Crippen LogP contribution in [0.15, 0.2) is 18.2 Å². The van der Waals surface area contributed by atoms with E-state index in [1.54, 1.807) is 0 Å². The second-order valence-corrected chi connectivity index (χ2v) is 6.13. The maximum atomic E-state index is 12.0. The van der Waals surface area contributed by atoms with E-state index >= 15 is 0 Å². The molecule has 4 heteroatoms. The van der Waals surface area contributed by atoms with Crippen molar-refractivity contribution < 1.29 is 19.4 Å². The Labute approximate surface area is 124 Å². The molecule has 1 saturated carbocycles. The zero-order valence-corrected chi connectivity index (χ0v) is 12.2. The number of esters is 1. The van der Waals surface area contributed by atoms with Gasteiger partial charge in [0, 0.05) is 6.42 Å². The van der Waals surface area contributed by atoms with E-state index in [2.05, 4.69) is 6.07 Å². The number of benzene rings is 1. The lowest BCUT2D eigenvalue weighted by Gasteiger charge is -2.38. The standard InChI is InChI=1S/C17H20O4/c1-21-16(20)17(15(18)19)10-13-8-7-12(9-14(13)17)11-5-3-2-4-6-11/h7-9,11H,2-6,10H2,1H3,(H,18,19). The van der Waals surface area contributed by atoms with E-state index in [1.807, 2.05) is 12.1 Å². The van der Waals surface area contributed by atoms with Crippen LogP contribution in [0.4, 0.5) is 0 Å². The fraction of sp³-hybridized carbons (Fsp3) is 0.529. The summed E-state index contributed by atoms with van der Waals surface area (Å²) in [4.78, 5) is 23.7. The Morgan fingerprint density at radius 2 is 1.95 bits per heavy atom. The van der Waals surface area contributed by atoms with Gasteiger partial charge in [-0.05, 0) is 35.4 Å². The van der Waals surface area contributed by atoms with Gasteiger partial charge >= 0.3 is 11.9 Å². The SMILES string of the molecule is COC(=O)C1(C(=O)O)Cc2ccc(C3CCCCC3)cc21. The predicted octanol–water partition coefficient (Wildman–Crippen LogP) is 2.79. The minimum absolute atomic E-state index is 0.231. The van der Waals surface area contributed by atoms with Gasteiger partial charge in [-0.25, -0.2) is 0 Å². The maximum absolute atomic E-state index is 12.0. The van der Waals surface area contributed by atoms with E-state index in [0.29, 0.717) is 11.5 Å². The predicted molar refractivity (Wildman–Crippen MR) is 77.3 cm³/mol. The summed E-state index contributed by atoms with van der Waals surface area (Å²) in [6.07, 6.45) is 6.26. The quantitative estimate of drug-likeness (QED) is 0.686. The minimum atomic E-state index is -1.49. The van der Waals surface area contributed by atoms with E-state index in [1.165, 1.54) is 31.9 Å². The molecule has 0 aliphatic heterocycles. The van der Waals surface area contributed by atoms with Gasteiger partial charge in [0.15, 0.2) is 5.41 Å². The van der Waals surface area contributed by atoms with Crippen LogP contribution in [0.25, 0.3) is 0 Å². The number of hydrogen-bond donors (Lipinski definition) is 1. The van der Waals surface area contributed by atoms with Crippen molar-refractivity contribution in [1.29, 1.82) is 0 Å². The zero-order valence-electron chi connectivity index (χ0n) is 12.2. The van der Waals surface area contributed by atoms with Gasteiger partial charge in [-0.2, -0.15) is 0 Å². The van der Waals surface area contributed by atoms with Crippen LogP contribution in [0.2, 0.25) is 0 Å². The van der Waals surface area contributed by atoms with Crippen LogP contribution in [-0.2, 0) is 26.2 Å². The Kier molecular flexibility index (Phi) is 3.47. The number of rotatable bonds is 3. The molecule has 0 radical (unpaired) electrons. The monoisotopic (exact) mass is 288 g/mol. The number of hydrogen-bond acceptors (Lipinski definition) is 3. The molecule has 21 heavy (non-hydrogen) atoms. The molecule has 0 saturated heterocycles. The highest BCUT2D eigenvalue weighted by Crippen LogP contribution is 2.45. The van der Waals surface area contributed by atoms with Gasteiger partial charge in [0.25, 0.3) is 0 Å². The number of fused-ring (bicyclic) bond motifs is 1. The number of methoxy groups -OCH3 is 1.